The standard InChI is InChI=1S/C16H17F5N2O/c17-13-2-1-3-14(18)12(13)4-5-15(24)22-8-11-6-7-23(9-11)10-16(19,20)21/h1-5,11H,6-10H2,(H,22,24)/b5-4-/t11-/m1/s1. The van der Waals surface area contributed by atoms with E-state index in [2.05, 4.69) is 5.32 Å². The fourth-order valence-electron chi connectivity index (χ4n) is 2.61. The lowest BCUT2D eigenvalue weighted by atomic mass is 10.1. The lowest BCUT2D eigenvalue weighted by Gasteiger charge is -2.17. The van der Waals surface area contributed by atoms with Crippen molar-refractivity contribution >= 4 is 12.0 Å². The summed E-state index contributed by atoms with van der Waals surface area (Å²) in [5, 5.41) is 2.54. The molecule has 1 aromatic rings. The van der Waals surface area contributed by atoms with E-state index in [4.69, 9.17) is 0 Å². The van der Waals surface area contributed by atoms with E-state index in [1.54, 1.807) is 0 Å². The van der Waals surface area contributed by atoms with Crippen LogP contribution in [0, 0.1) is 17.6 Å². The number of nitrogens with zero attached hydrogens (tertiary/aromatic N) is 1. The van der Waals surface area contributed by atoms with Crippen LogP contribution in [0.25, 0.3) is 6.08 Å². The summed E-state index contributed by atoms with van der Waals surface area (Å²) >= 11 is 0. The third-order valence-electron chi connectivity index (χ3n) is 3.74. The van der Waals surface area contributed by atoms with Gasteiger partial charge in [0.2, 0.25) is 5.91 Å². The molecule has 1 atom stereocenters. The van der Waals surface area contributed by atoms with Gasteiger partial charge in [0.15, 0.2) is 0 Å². The highest BCUT2D eigenvalue weighted by Gasteiger charge is 2.34. The number of likely N-dealkylation sites (tertiary alicyclic amines) is 1. The van der Waals surface area contributed by atoms with Crippen molar-refractivity contribution in [2.45, 2.75) is 12.6 Å². The average Bonchev–Trinajstić information content (AvgIpc) is 2.90. The minimum atomic E-state index is -4.23. The van der Waals surface area contributed by atoms with Gasteiger partial charge in [0.1, 0.15) is 11.6 Å². The van der Waals surface area contributed by atoms with Crippen molar-refractivity contribution in [2.75, 3.05) is 26.2 Å². The molecular weight excluding hydrogens is 331 g/mol. The van der Waals surface area contributed by atoms with Gasteiger partial charge in [-0.3, -0.25) is 9.69 Å². The van der Waals surface area contributed by atoms with Gasteiger partial charge in [-0.15, -0.1) is 0 Å². The molecule has 1 aromatic carbocycles. The SMILES string of the molecule is O=C(/C=C\c1c(F)cccc1F)NC[C@H]1CCN(CC(F)(F)F)C1. The van der Waals surface area contributed by atoms with E-state index < -0.39 is 30.3 Å². The topological polar surface area (TPSA) is 32.3 Å². The number of hydrogen-bond donors (Lipinski definition) is 1. The molecule has 1 fully saturated rings. The number of hydrogen-bond acceptors (Lipinski definition) is 2. The number of halogens is 5. The fourth-order valence-corrected chi connectivity index (χ4v) is 2.61. The van der Waals surface area contributed by atoms with Crippen LogP contribution in [-0.2, 0) is 4.79 Å². The maximum absolute atomic E-state index is 13.4. The van der Waals surface area contributed by atoms with Gasteiger partial charge >= 0.3 is 6.18 Å². The molecule has 1 aliphatic rings. The Kier molecular flexibility index (Phi) is 5.93. The summed E-state index contributed by atoms with van der Waals surface area (Å²) in [6, 6.07) is 3.37. The largest absolute Gasteiger partial charge is 0.401 e. The molecule has 0 radical (unpaired) electrons. The Hall–Kier alpha value is -1.96. The van der Waals surface area contributed by atoms with Crippen LogP contribution in [-0.4, -0.2) is 43.2 Å². The van der Waals surface area contributed by atoms with E-state index in [0.29, 0.717) is 13.0 Å². The van der Waals surface area contributed by atoms with Gasteiger partial charge in [0.25, 0.3) is 0 Å². The average molecular weight is 348 g/mol. The summed E-state index contributed by atoms with van der Waals surface area (Å²) in [7, 11) is 0. The van der Waals surface area contributed by atoms with Gasteiger partial charge in [0.05, 0.1) is 6.54 Å². The van der Waals surface area contributed by atoms with Crippen LogP contribution >= 0.6 is 0 Å². The molecule has 3 nitrogen and oxygen atoms in total. The predicted octanol–water partition coefficient (Wildman–Crippen LogP) is 2.98. The molecule has 0 aromatic heterocycles. The first kappa shape index (κ1) is 18.4. The van der Waals surface area contributed by atoms with Crippen molar-refractivity contribution in [3.8, 4) is 0 Å². The van der Waals surface area contributed by atoms with Gasteiger partial charge in [-0.2, -0.15) is 13.2 Å². The smallest absolute Gasteiger partial charge is 0.352 e. The zero-order valence-electron chi connectivity index (χ0n) is 12.7. The second kappa shape index (κ2) is 7.74. The molecule has 24 heavy (non-hydrogen) atoms. The monoisotopic (exact) mass is 348 g/mol. The molecule has 0 spiro atoms. The van der Waals surface area contributed by atoms with Crippen LogP contribution in [0.3, 0.4) is 0 Å². The number of benzene rings is 1. The lowest BCUT2D eigenvalue weighted by Crippen LogP contribution is -2.34. The number of carbonyl (C=O) groups excluding carboxylic acids is 1. The maximum atomic E-state index is 13.4. The minimum Gasteiger partial charge on any atom is -0.352 e. The first-order valence-corrected chi connectivity index (χ1v) is 7.43. The number of carbonyl (C=O) groups is 1. The molecule has 2 rings (SSSR count). The Balaban J connectivity index is 1.79. The Morgan fingerprint density at radius 2 is 1.96 bits per heavy atom. The number of alkyl halides is 3. The second-order valence-electron chi connectivity index (χ2n) is 5.72. The van der Waals surface area contributed by atoms with Crippen LogP contribution in [0.1, 0.15) is 12.0 Å². The van der Waals surface area contributed by atoms with Crippen molar-refractivity contribution < 1.29 is 26.7 Å². The molecule has 132 valence electrons. The van der Waals surface area contributed by atoms with E-state index >= 15 is 0 Å². The highest BCUT2D eigenvalue weighted by Crippen LogP contribution is 2.22. The summed E-state index contributed by atoms with van der Waals surface area (Å²) in [6.45, 7) is -0.150. The highest BCUT2D eigenvalue weighted by atomic mass is 19.4. The summed E-state index contributed by atoms with van der Waals surface area (Å²) in [4.78, 5) is 13.0. The van der Waals surface area contributed by atoms with Crippen LogP contribution in [0.15, 0.2) is 24.3 Å². The first-order valence-electron chi connectivity index (χ1n) is 7.43. The van der Waals surface area contributed by atoms with Crippen molar-refractivity contribution in [1.29, 1.82) is 0 Å². The van der Waals surface area contributed by atoms with Crippen LogP contribution in [0.5, 0.6) is 0 Å². The number of amides is 1. The molecule has 1 aliphatic heterocycles. The Morgan fingerprint density at radius 1 is 1.29 bits per heavy atom. The van der Waals surface area contributed by atoms with E-state index in [0.717, 1.165) is 24.3 Å². The van der Waals surface area contributed by atoms with Crippen LogP contribution in [0.4, 0.5) is 22.0 Å². The quantitative estimate of drug-likeness (QED) is 0.655. The zero-order valence-corrected chi connectivity index (χ0v) is 12.7. The highest BCUT2D eigenvalue weighted by molar-refractivity contribution is 5.91. The Morgan fingerprint density at radius 3 is 2.58 bits per heavy atom. The second-order valence-corrected chi connectivity index (χ2v) is 5.72. The molecule has 0 aliphatic carbocycles. The molecule has 1 saturated heterocycles. The van der Waals surface area contributed by atoms with Crippen molar-refractivity contribution in [1.82, 2.24) is 10.2 Å². The minimum absolute atomic E-state index is 0.0742. The van der Waals surface area contributed by atoms with Gasteiger partial charge in [-0.1, -0.05) is 6.07 Å². The summed E-state index contributed by atoms with van der Waals surface area (Å²) in [6.07, 6.45) is -1.64. The maximum Gasteiger partial charge on any atom is 0.401 e. The van der Waals surface area contributed by atoms with Gasteiger partial charge in [-0.25, -0.2) is 8.78 Å². The van der Waals surface area contributed by atoms with Crippen molar-refractivity contribution in [3.63, 3.8) is 0 Å². The molecule has 0 bridgehead atoms. The molecular formula is C16H17F5N2O. The van der Waals surface area contributed by atoms with E-state index in [1.165, 1.54) is 11.0 Å². The number of rotatable bonds is 5. The lowest BCUT2D eigenvalue weighted by molar-refractivity contribution is -0.143. The van der Waals surface area contributed by atoms with Gasteiger partial charge in [-0.05, 0) is 37.1 Å². The summed E-state index contributed by atoms with van der Waals surface area (Å²) < 4.78 is 63.7. The third-order valence-corrected chi connectivity index (χ3v) is 3.74. The normalized spacial score (nSPS) is 19.1. The molecule has 1 amide bonds. The molecule has 1 N–H and O–H groups in total. The molecule has 1 heterocycles. The first-order chi connectivity index (χ1) is 11.2. The van der Waals surface area contributed by atoms with Crippen molar-refractivity contribution in [2.24, 2.45) is 5.92 Å². The molecule has 0 unspecified atom stereocenters. The zero-order chi connectivity index (χ0) is 17.7. The van der Waals surface area contributed by atoms with E-state index in [1.807, 2.05) is 0 Å². The summed E-state index contributed by atoms with van der Waals surface area (Å²) in [5.41, 5.74) is -0.315. The molecule has 0 saturated carbocycles. The fraction of sp³-hybridized carbons (Fsp3) is 0.438. The predicted molar refractivity (Wildman–Crippen MR) is 79.0 cm³/mol. The summed E-state index contributed by atoms with van der Waals surface area (Å²) in [5.74, 6) is -2.18. The van der Waals surface area contributed by atoms with E-state index in [9.17, 15) is 26.7 Å². The van der Waals surface area contributed by atoms with Crippen LogP contribution in [0.2, 0.25) is 0 Å². The van der Waals surface area contributed by atoms with E-state index in [-0.39, 0.29) is 24.6 Å². The third kappa shape index (κ3) is 5.59. The molecule has 8 heteroatoms. The Bertz CT molecular complexity index is 595. The Labute approximate surface area is 136 Å². The van der Waals surface area contributed by atoms with Crippen LogP contribution < -0.4 is 5.32 Å². The van der Waals surface area contributed by atoms with Gasteiger partial charge < -0.3 is 5.32 Å². The number of nitrogens with one attached hydrogen (secondary N) is 1. The van der Waals surface area contributed by atoms with Crippen molar-refractivity contribution in [3.05, 3.63) is 41.5 Å². The van der Waals surface area contributed by atoms with Gasteiger partial charge in [0, 0.05) is 24.7 Å².